The fourth-order valence-electron chi connectivity index (χ4n) is 4.66. The number of nitrogens with two attached hydrogens (primary N) is 1. The molecule has 0 aliphatic carbocycles. The predicted octanol–water partition coefficient (Wildman–Crippen LogP) is 6.40. The van der Waals surface area contributed by atoms with E-state index in [0.717, 1.165) is 48.8 Å². The number of aromatic nitrogens is 2. The van der Waals surface area contributed by atoms with E-state index >= 15 is 8.78 Å². The molecule has 9 heteroatoms. The van der Waals surface area contributed by atoms with E-state index in [9.17, 15) is 5.26 Å². The quantitative estimate of drug-likeness (QED) is 0.341. The van der Waals surface area contributed by atoms with Crippen molar-refractivity contribution < 1.29 is 13.5 Å². The third kappa shape index (κ3) is 4.63. The Bertz CT molecular complexity index is 1370. The molecule has 2 aliphatic rings. The SMILES string of the molecule is C=C(N)SC(=C(C#N)/C(=C(\C)CC)c1c2c(c3cnc(N4CCCC4)nc3c1F)COC2)/C(F)=C\C. The maximum absolute atomic E-state index is 16.6. The van der Waals surface area contributed by atoms with Crippen LogP contribution in [0.4, 0.5) is 14.7 Å². The summed E-state index contributed by atoms with van der Waals surface area (Å²) in [6.07, 6.45) is 5.51. The van der Waals surface area contributed by atoms with Crippen LogP contribution >= 0.6 is 11.8 Å². The summed E-state index contributed by atoms with van der Waals surface area (Å²) in [6, 6.07) is 2.13. The van der Waals surface area contributed by atoms with Gasteiger partial charge >= 0.3 is 0 Å². The topological polar surface area (TPSA) is 88.1 Å². The van der Waals surface area contributed by atoms with Crippen molar-refractivity contribution in [1.29, 1.82) is 5.26 Å². The first-order chi connectivity index (χ1) is 17.3. The number of nitriles is 1. The highest BCUT2D eigenvalue weighted by Crippen LogP contribution is 2.44. The second-order valence-electron chi connectivity index (χ2n) is 8.80. The number of thioether (sulfide) groups is 1. The normalized spacial score (nSPS) is 17.1. The second kappa shape index (κ2) is 10.8. The smallest absolute Gasteiger partial charge is 0.225 e. The van der Waals surface area contributed by atoms with E-state index in [4.69, 9.17) is 10.5 Å². The summed E-state index contributed by atoms with van der Waals surface area (Å²) in [4.78, 5) is 11.2. The van der Waals surface area contributed by atoms with Crippen LogP contribution in [0.5, 0.6) is 0 Å². The van der Waals surface area contributed by atoms with E-state index in [1.54, 1.807) is 6.20 Å². The van der Waals surface area contributed by atoms with E-state index in [0.29, 0.717) is 28.9 Å². The van der Waals surface area contributed by atoms with Crippen LogP contribution in [0, 0.1) is 17.1 Å². The lowest BCUT2D eigenvalue weighted by molar-refractivity contribution is 0.134. The molecule has 0 unspecified atom stereocenters. The highest BCUT2D eigenvalue weighted by atomic mass is 32.2. The number of hydrogen-bond donors (Lipinski definition) is 1. The van der Waals surface area contributed by atoms with E-state index < -0.39 is 11.6 Å². The number of anilines is 1. The van der Waals surface area contributed by atoms with Gasteiger partial charge in [-0.25, -0.2) is 18.7 Å². The first-order valence-electron chi connectivity index (χ1n) is 11.9. The molecular weight excluding hydrogens is 480 g/mol. The van der Waals surface area contributed by atoms with Gasteiger partial charge in [-0.3, -0.25) is 0 Å². The molecule has 188 valence electrons. The summed E-state index contributed by atoms with van der Waals surface area (Å²) in [5.74, 6) is -0.713. The predicted molar refractivity (Wildman–Crippen MR) is 141 cm³/mol. The van der Waals surface area contributed by atoms with Gasteiger partial charge in [0, 0.05) is 35.8 Å². The first-order valence-corrected chi connectivity index (χ1v) is 12.8. The highest BCUT2D eigenvalue weighted by molar-refractivity contribution is 8.06. The van der Waals surface area contributed by atoms with Crippen LogP contribution in [-0.4, -0.2) is 23.1 Å². The highest BCUT2D eigenvalue weighted by Gasteiger charge is 2.31. The lowest BCUT2D eigenvalue weighted by Crippen LogP contribution is -2.20. The van der Waals surface area contributed by atoms with Crippen LogP contribution < -0.4 is 10.6 Å². The Morgan fingerprint density at radius 3 is 2.64 bits per heavy atom. The van der Waals surface area contributed by atoms with Crippen molar-refractivity contribution in [3.63, 3.8) is 0 Å². The van der Waals surface area contributed by atoms with Crippen molar-refractivity contribution >= 4 is 34.2 Å². The number of ether oxygens (including phenoxy) is 1. The minimum Gasteiger partial charge on any atom is -0.394 e. The Morgan fingerprint density at radius 1 is 1.33 bits per heavy atom. The fraction of sp³-hybridized carbons (Fsp3) is 0.370. The summed E-state index contributed by atoms with van der Waals surface area (Å²) in [5.41, 5.74) is 8.69. The number of allylic oxidation sites excluding steroid dienone is 5. The molecule has 1 aromatic heterocycles. The van der Waals surface area contributed by atoms with Gasteiger partial charge in [-0.05, 0) is 44.2 Å². The molecule has 1 fully saturated rings. The van der Waals surface area contributed by atoms with Gasteiger partial charge in [0.2, 0.25) is 5.95 Å². The van der Waals surface area contributed by atoms with Gasteiger partial charge in [-0.1, -0.05) is 36.9 Å². The summed E-state index contributed by atoms with van der Waals surface area (Å²) in [6.45, 7) is 11.0. The van der Waals surface area contributed by atoms with Crippen molar-refractivity contribution in [2.45, 2.75) is 53.2 Å². The average molecular weight is 510 g/mol. The molecular formula is C27H29F2N5OS. The van der Waals surface area contributed by atoms with Crippen LogP contribution in [0.1, 0.15) is 56.7 Å². The van der Waals surface area contributed by atoms with Crippen molar-refractivity contribution in [1.82, 2.24) is 9.97 Å². The summed E-state index contributed by atoms with van der Waals surface area (Å²) in [7, 11) is 0. The molecule has 0 bridgehead atoms. The van der Waals surface area contributed by atoms with Crippen LogP contribution in [-0.2, 0) is 18.0 Å². The average Bonchev–Trinajstić information content (AvgIpc) is 3.59. The van der Waals surface area contributed by atoms with Crippen LogP contribution in [0.25, 0.3) is 16.5 Å². The van der Waals surface area contributed by atoms with Gasteiger partial charge in [0.1, 0.15) is 17.4 Å². The molecule has 1 aromatic carbocycles. The van der Waals surface area contributed by atoms with E-state index in [2.05, 4.69) is 22.6 Å². The molecule has 0 spiro atoms. The molecule has 6 nitrogen and oxygen atoms in total. The molecule has 2 N–H and O–H groups in total. The zero-order chi connectivity index (χ0) is 26.0. The Hall–Kier alpha value is -3.22. The number of benzene rings is 1. The monoisotopic (exact) mass is 509 g/mol. The zero-order valence-electron chi connectivity index (χ0n) is 20.8. The maximum Gasteiger partial charge on any atom is 0.225 e. The van der Waals surface area contributed by atoms with Gasteiger partial charge in [0.05, 0.1) is 28.7 Å². The van der Waals surface area contributed by atoms with Gasteiger partial charge in [0.25, 0.3) is 0 Å². The Labute approximate surface area is 214 Å². The third-order valence-corrected chi connectivity index (χ3v) is 7.44. The standard InChI is InChI=1S/C27H29F2N5OS/c1-5-15(3)22(17(11-30)26(21(28)6-2)36-16(4)31)23-20-14-35-13-19(20)18-12-32-27(33-25(18)24(23)29)34-9-7-8-10-34/h6,12H,4-5,7-10,13-14,31H2,1-3H3/b21-6+,22-15-,26-17+. The van der Waals surface area contributed by atoms with Gasteiger partial charge in [0.15, 0.2) is 5.82 Å². The summed E-state index contributed by atoms with van der Waals surface area (Å²) >= 11 is 0.855. The van der Waals surface area contributed by atoms with Crippen molar-refractivity contribution in [3.05, 3.63) is 68.3 Å². The van der Waals surface area contributed by atoms with E-state index in [1.807, 2.05) is 18.7 Å². The van der Waals surface area contributed by atoms with Crippen molar-refractivity contribution in [3.8, 4) is 6.07 Å². The van der Waals surface area contributed by atoms with Gasteiger partial charge in [-0.15, -0.1) is 0 Å². The minimum absolute atomic E-state index is 0.00252. The maximum atomic E-state index is 16.6. The molecule has 0 atom stereocenters. The second-order valence-corrected chi connectivity index (χ2v) is 9.93. The van der Waals surface area contributed by atoms with E-state index in [1.165, 1.54) is 13.0 Å². The van der Waals surface area contributed by atoms with Crippen LogP contribution in [0.2, 0.25) is 0 Å². The van der Waals surface area contributed by atoms with Crippen LogP contribution in [0.3, 0.4) is 0 Å². The van der Waals surface area contributed by atoms with Gasteiger partial charge in [-0.2, -0.15) is 5.26 Å². The van der Waals surface area contributed by atoms with Crippen molar-refractivity contribution in [2.24, 2.45) is 5.73 Å². The summed E-state index contributed by atoms with van der Waals surface area (Å²) < 4.78 is 37.4. The molecule has 2 aliphatic heterocycles. The minimum atomic E-state index is -0.628. The molecule has 4 rings (SSSR count). The Kier molecular flexibility index (Phi) is 7.76. The van der Waals surface area contributed by atoms with Crippen molar-refractivity contribution in [2.75, 3.05) is 18.0 Å². The third-order valence-electron chi connectivity index (χ3n) is 6.58. The molecule has 0 radical (unpaired) electrons. The van der Waals surface area contributed by atoms with Crippen LogP contribution in [0.15, 0.2) is 45.8 Å². The first kappa shape index (κ1) is 25.9. The number of hydrogen-bond acceptors (Lipinski definition) is 7. The van der Waals surface area contributed by atoms with E-state index in [-0.39, 0.29) is 39.8 Å². The zero-order valence-corrected chi connectivity index (χ0v) is 21.6. The molecule has 2 aromatic rings. The van der Waals surface area contributed by atoms with Gasteiger partial charge < -0.3 is 15.4 Å². The molecule has 0 amide bonds. The largest absolute Gasteiger partial charge is 0.394 e. The number of nitrogens with zero attached hydrogens (tertiary/aromatic N) is 4. The lowest BCUT2D eigenvalue weighted by atomic mass is 9.86. The lowest BCUT2D eigenvalue weighted by Gasteiger charge is -2.21. The molecule has 3 heterocycles. The fourth-order valence-corrected chi connectivity index (χ4v) is 5.39. The molecule has 1 saturated heterocycles. The Balaban J connectivity index is 2.08. The number of rotatable bonds is 7. The summed E-state index contributed by atoms with van der Waals surface area (Å²) in [5, 5.41) is 11.0. The number of halogens is 2. The number of fused-ring (bicyclic) bond motifs is 3. The Morgan fingerprint density at radius 2 is 2.03 bits per heavy atom. The molecule has 36 heavy (non-hydrogen) atoms. The molecule has 0 saturated carbocycles.